The van der Waals surface area contributed by atoms with Crippen molar-refractivity contribution >= 4 is 29.9 Å². The maximum absolute atomic E-state index is 5.35. The van der Waals surface area contributed by atoms with Crippen LogP contribution in [0.1, 0.15) is 63.8 Å². The molecule has 0 atom stereocenters. The van der Waals surface area contributed by atoms with Crippen LogP contribution in [0.3, 0.4) is 0 Å². The molecule has 1 aromatic heterocycles. The number of aromatic nitrogens is 1. The van der Waals surface area contributed by atoms with Crippen LogP contribution in [0.4, 0.5) is 0 Å². The fraction of sp³-hybridized carbons (Fsp3) is 0.667. The van der Waals surface area contributed by atoms with E-state index in [1.54, 1.807) is 0 Å². The Balaban J connectivity index is 0.00000529. The zero-order chi connectivity index (χ0) is 17.1. The molecule has 0 aliphatic heterocycles. The van der Waals surface area contributed by atoms with Gasteiger partial charge in [0, 0.05) is 26.2 Å². The first-order valence-corrected chi connectivity index (χ1v) is 8.64. The number of hydrogen-bond acceptors (Lipinski definition) is 3. The molecule has 0 aromatic carbocycles. The molecule has 0 spiro atoms. The molecule has 6 heteroatoms. The van der Waals surface area contributed by atoms with Crippen molar-refractivity contribution in [3.05, 3.63) is 30.2 Å². The second-order valence-electron chi connectivity index (χ2n) is 6.10. The number of nitrogens with one attached hydrogen (secondary N) is 1. The van der Waals surface area contributed by atoms with E-state index in [0.717, 1.165) is 43.3 Å². The molecule has 0 bridgehead atoms. The average Bonchev–Trinajstić information content (AvgIpc) is 3.00. The third-order valence-corrected chi connectivity index (χ3v) is 3.65. The summed E-state index contributed by atoms with van der Waals surface area (Å²) >= 11 is 0. The van der Waals surface area contributed by atoms with Gasteiger partial charge in [0.2, 0.25) is 0 Å². The third kappa shape index (κ3) is 8.70. The molecule has 0 aliphatic rings. The van der Waals surface area contributed by atoms with Crippen molar-refractivity contribution in [1.82, 2.24) is 15.4 Å². The van der Waals surface area contributed by atoms with Crippen molar-refractivity contribution in [3.8, 4) is 0 Å². The molecule has 0 aliphatic carbocycles. The van der Waals surface area contributed by atoms with E-state index in [-0.39, 0.29) is 24.0 Å². The predicted octanol–water partition coefficient (Wildman–Crippen LogP) is 4.56. The fourth-order valence-electron chi connectivity index (χ4n) is 2.22. The largest absolute Gasteiger partial charge is 0.359 e. The Morgan fingerprint density at radius 3 is 2.75 bits per heavy atom. The number of unbranched alkanes of at least 4 members (excludes halogenated alkanes) is 3. The molecule has 0 radical (unpaired) electrons. The summed E-state index contributed by atoms with van der Waals surface area (Å²) in [7, 11) is 2.08. The first kappa shape index (κ1) is 22.9. The number of halogens is 1. The Hall–Kier alpha value is -1.05. The minimum Gasteiger partial charge on any atom is -0.359 e. The number of rotatable bonds is 10. The average molecular weight is 448 g/mol. The van der Waals surface area contributed by atoms with E-state index in [1.165, 1.54) is 12.8 Å². The second-order valence-corrected chi connectivity index (χ2v) is 6.10. The Bertz CT molecular complexity index is 485. The van der Waals surface area contributed by atoms with Gasteiger partial charge in [-0.3, -0.25) is 0 Å². The molecule has 0 amide bonds. The van der Waals surface area contributed by atoms with Crippen molar-refractivity contribution in [1.29, 1.82) is 0 Å². The smallest absolute Gasteiger partial charge is 0.194 e. The first-order chi connectivity index (χ1) is 11.1. The van der Waals surface area contributed by atoms with Gasteiger partial charge in [-0.25, -0.2) is 4.99 Å². The van der Waals surface area contributed by atoms with Gasteiger partial charge in [-0.2, -0.15) is 0 Å². The number of guanidine groups is 1. The molecule has 1 rings (SSSR count). The van der Waals surface area contributed by atoms with Crippen molar-refractivity contribution in [2.24, 2.45) is 4.99 Å². The van der Waals surface area contributed by atoms with Crippen LogP contribution in [0.2, 0.25) is 0 Å². The number of nitrogens with zero attached hydrogens (tertiary/aromatic N) is 3. The van der Waals surface area contributed by atoms with E-state index in [1.807, 2.05) is 12.1 Å². The summed E-state index contributed by atoms with van der Waals surface area (Å²) in [6.07, 6.45) is 6.67. The molecule has 1 N–H and O–H groups in total. The zero-order valence-electron chi connectivity index (χ0n) is 15.5. The fourth-order valence-corrected chi connectivity index (χ4v) is 2.22. The lowest BCUT2D eigenvalue weighted by molar-refractivity contribution is 0.375. The summed E-state index contributed by atoms with van der Waals surface area (Å²) in [5.74, 6) is 2.10. The quantitative estimate of drug-likeness (QED) is 0.188. The van der Waals surface area contributed by atoms with Gasteiger partial charge in [-0.05, 0) is 32.1 Å². The Kier molecular flexibility index (Phi) is 12.7. The van der Waals surface area contributed by atoms with E-state index in [2.05, 4.69) is 54.8 Å². The standard InChI is InChI=1S/C18H32N4O.HI/c1-6-8-9-10-11-12-22(5)18(19-7-2)20-14-16-13-17(15(3)4)21-23-16;/h6,13,15H,1,7-12,14H2,2-5H3,(H,19,20);1H. The van der Waals surface area contributed by atoms with E-state index < -0.39 is 0 Å². The van der Waals surface area contributed by atoms with E-state index in [0.29, 0.717) is 12.5 Å². The monoisotopic (exact) mass is 448 g/mol. The minimum absolute atomic E-state index is 0. The van der Waals surface area contributed by atoms with Crippen LogP contribution in [0.25, 0.3) is 0 Å². The molecule has 0 unspecified atom stereocenters. The third-order valence-electron chi connectivity index (χ3n) is 3.65. The highest BCUT2D eigenvalue weighted by molar-refractivity contribution is 14.0. The second kappa shape index (κ2) is 13.3. The lowest BCUT2D eigenvalue weighted by Gasteiger charge is -2.21. The molecule has 0 saturated heterocycles. The summed E-state index contributed by atoms with van der Waals surface area (Å²) in [4.78, 5) is 6.83. The van der Waals surface area contributed by atoms with Crippen LogP contribution >= 0.6 is 24.0 Å². The zero-order valence-corrected chi connectivity index (χ0v) is 17.9. The number of allylic oxidation sites excluding steroid dienone is 1. The Labute approximate surface area is 164 Å². The van der Waals surface area contributed by atoms with Crippen LogP contribution in [0.5, 0.6) is 0 Å². The number of hydrogen-bond donors (Lipinski definition) is 1. The molecular formula is C18H33IN4O. The van der Waals surface area contributed by atoms with Crippen molar-refractivity contribution in [3.63, 3.8) is 0 Å². The molecule has 1 heterocycles. The van der Waals surface area contributed by atoms with Crippen LogP contribution in [0.15, 0.2) is 28.2 Å². The lowest BCUT2D eigenvalue weighted by atomic mass is 10.1. The van der Waals surface area contributed by atoms with Gasteiger partial charge >= 0.3 is 0 Å². The highest BCUT2D eigenvalue weighted by atomic mass is 127. The van der Waals surface area contributed by atoms with E-state index in [9.17, 15) is 0 Å². The van der Waals surface area contributed by atoms with Gasteiger partial charge in [0.1, 0.15) is 6.54 Å². The first-order valence-electron chi connectivity index (χ1n) is 8.64. The SMILES string of the molecule is C=CCCCCCN(C)C(=NCc1cc(C(C)C)no1)NCC.I. The van der Waals surface area contributed by atoms with Crippen molar-refractivity contribution in [2.75, 3.05) is 20.1 Å². The molecule has 0 saturated carbocycles. The van der Waals surface area contributed by atoms with Gasteiger partial charge in [0.05, 0.1) is 5.69 Å². The maximum atomic E-state index is 5.35. The van der Waals surface area contributed by atoms with Crippen LogP contribution in [0, 0.1) is 0 Å². The highest BCUT2D eigenvalue weighted by Gasteiger charge is 2.09. The Morgan fingerprint density at radius 2 is 2.17 bits per heavy atom. The van der Waals surface area contributed by atoms with Gasteiger partial charge in [0.25, 0.3) is 0 Å². The van der Waals surface area contributed by atoms with Crippen LogP contribution in [-0.4, -0.2) is 36.2 Å². The number of aliphatic imine (C=N–C) groups is 1. The topological polar surface area (TPSA) is 53.7 Å². The van der Waals surface area contributed by atoms with Gasteiger partial charge < -0.3 is 14.7 Å². The molecular weight excluding hydrogens is 415 g/mol. The Morgan fingerprint density at radius 1 is 1.42 bits per heavy atom. The van der Waals surface area contributed by atoms with E-state index >= 15 is 0 Å². The summed E-state index contributed by atoms with van der Waals surface area (Å²) in [6.45, 7) is 12.4. The summed E-state index contributed by atoms with van der Waals surface area (Å²) < 4.78 is 5.35. The van der Waals surface area contributed by atoms with Crippen LogP contribution < -0.4 is 5.32 Å². The molecule has 5 nitrogen and oxygen atoms in total. The predicted molar refractivity (Wildman–Crippen MR) is 112 cm³/mol. The van der Waals surface area contributed by atoms with Gasteiger partial charge in [0.15, 0.2) is 11.7 Å². The molecule has 1 aromatic rings. The summed E-state index contributed by atoms with van der Waals surface area (Å²) in [5.41, 5.74) is 0.982. The molecule has 24 heavy (non-hydrogen) atoms. The van der Waals surface area contributed by atoms with Crippen LogP contribution in [-0.2, 0) is 6.54 Å². The lowest BCUT2D eigenvalue weighted by Crippen LogP contribution is -2.39. The van der Waals surface area contributed by atoms with Crippen molar-refractivity contribution in [2.45, 2.75) is 58.9 Å². The molecule has 0 fully saturated rings. The van der Waals surface area contributed by atoms with Gasteiger partial charge in [-0.1, -0.05) is 31.5 Å². The summed E-state index contributed by atoms with van der Waals surface area (Å²) in [6, 6.07) is 1.99. The summed E-state index contributed by atoms with van der Waals surface area (Å²) in [5, 5.41) is 7.41. The normalized spacial score (nSPS) is 11.3. The minimum atomic E-state index is 0. The van der Waals surface area contributed by atoms with Crippen molar-refractivity contribution < 1.29 is 4.52 Å². The van der Waals surface area contributed by atoms with E-state index in [4.69, 9.17) is 4.52 Å². The highest BCUT2D eigenvalue weighted by Crippen LogP contribution is 2.14. The van der Waals surface area contributed by atoms with Gasteiger partial charge in [-0.15, -0.1) is 30.6 Å². The maximum Gasteiger partial charge on any atom is 0.194 e. The molecule has 138 valence electrons.